The Hall–Kier alpha value is -2.82. The lowest BCUT2D eigenvalue weighted by atomic mass is 10.1. The van der Waals surface area contributed by atoms with Crippen LogP contribution in [0.2, 0.25) is 0 Å². The van der Waals surface area contributed by atoms with Crippen LogP contribution < -0.4 is 10.1 Å². The monoisotopic (exact) mass is 326 g/mol. The van der Waals surface area contributed by atoms with Gasteiger partial charge in [0.2, 0.25) is 0 Å². The standard InChI is InChI=1S/C19H22N2O3/c1-13-5-10-17(14(2)11-13)19(23)20-15-6-8-16(9-7-15)24-12-18(22)21(3)4/h5-11H,12H2,1-4H3,(H,20,23). The second kappa shape index (κ2) is 7.64. The van der Waals surface area contributed by atoms with Gasteiger partial charge in [0.05, 0.1) is 0 Å². The highest BCUT2D eigenvalue weighted by atomic mass is 16.5. The van der Waals surface area contributed by atoms with E-state index in [4.69, 9.17) is 4.74 Å². The summed E-state index contributed by atoms with van der Waals surface area (Å²) in [5.74, 6) is 0.320. The molecule has 0 saturated carbocycles. The molecule has 5 heteroatoms. The van der Waals surface area contributed by atoms with Crippen molar-refractivity contribution in [2.75, 3.05) is 26.0 Å². The van der Waals surface area contributed by atoms with E-state index in [1.807, 2.05) is 32.0 Å². The van der Waals surface area contributed by atoms with E-state index in [2.05, 4.69) is 5.32 Å². The van der Waals surface area contributed by atoms with Gasteiger partial charge in [-0.2, -0.15) is 0 Å². The number of nitrogens with zero attached hydrogens (tertiary/aromatic N) is 1. The molecule has 0 aliphatic heterocycles. The largest absolute Gasteiger partial charge is 0.484 e. The number of rotatable bonds is 5. The molecule has 2 amide bonds. The van der Waals surface area contributed by atoms with E-state index in [0.29, 0.717) is 17.0 Å². The lowest BCUT2D eigenvalue weighted by molar-refractivity contribution is -0.130. The number of likely N-dealkylation sites (N-methyl/N-ethyl adjacent to an activating group) is 1. The van der Waals surface area contributed by atoms with Gasteiger partial charge in [-0.05, 0) is 49.7 Å². The predicted molar refractivity (Wildman–Crippen MR) is 94.5 cm³/mol. The van der Waals surface area contributed by atoms with Gasteiger partial charge >= 0.3 is 0 Å². The maximum atomic E-state index is 12.3. The Labute approximate surface area is 142 Å². The van der Waals surface area contributed by atoms with Gasteiger partial charge in [-0.15, -0.1) is 0 Å². The van der Waals surface area contributed by atoms with Crippen LogP contribution in [0.25, 0.3) is 0 Å². The van der Waals surface area contributed by atoms with Crippen LogP contribution in [0.1, 0.15) is 21.5 Å². The Bertz CT molecular complexity index is 737. The summed E-state index contributed by atoms with van der Waals surface area (Å²) < 4.78 is 5.40. The lowest BCUT2D eigenvalue weighted by Crippen LogP contribution is -2.27. The molecule has 0 unspecified atom stereocenters. The fourth-order valence-corrected chi connectivity index (χ4v) is 2.18. The topological polar surface area (TPSA) is 58.6 Å². The van der Waals surface area contributed by atoms with Gasteiger partial charge in [0.15, 0.2) is 6.61 Å². The number of hydrogen-bond acceptors (Lipinski definition) is 3. The van der Waals surface area contributed by atoms with Crippen molar-refractivity contribution < 1.29 is 14.3 Å². The summed E-state index contributed by atoms with van der Waals surface area (Å²) in [6, 6.07) is 12.7. The summed E-state index contributed by atoms with van der Waals surface area (Å²) in [6.45, 7) is 3.90. The molecule has 0 heterocycles. The zero-order valence-electron chi connectivity index (χ0n) is 14.4. The molecule has 2 rings (SSSR count). The third-order valence-corrected chi connectivity index (χ3v) is 3.60. The van der Waals surface area contributed by atoms with Crippen molar-refractivity contribution in [1.82, 2.24) is 4.90 Å². The van der Waals surface area contributed by atoms with Crippen molar-refractivity contribution in [2.24, 2.45) is 0 Å². The van der Waals surface area contributed by atoms with E-state index < -0.39 is 0 Å². The van der Waals surface area contributed by atoms with Crippen molar-refractivity contribution in [3.8, 4) is 5.75 Å². The number of hydrogen-bond donors (Lipinski definition) is 1. The summed E-state index contributed by atoms with van der Waals surface area (Å²) in [4.78, 5) is 25.3. The number of carbonyl (C=O) groups is 2. The molecule has 0 atom stereocenters. The Morgan fingerprint density at radius 1 is 1.04 bits per heavy atom. The molecular formula is C19H22N2O3. The molecule has 0 bridgehead atoms. The van der Waals surface area contributed by atoms with Gasteiger partial charge in [-0.1, -0.05) is 17.7 Å². The summed E-state index contributed by atoms with van der Waals surface area (Å²) in [6.07, 6.45) is 0. The van der Waals surface area contributed by atoms with Crippen LogP contribution >= 0.6 is 0 Å². The first kappa shape index (κ1) is 17.5. The molecule has 0 fully saturated rings. The number of carbonyl (C=O) groups excluding carboxylic acids is 2. The minimum absolute atomic E-state index is 0.0126. The molecule has 0 radical (unpaired) electrons. The smallest absolute Gasteiger partial charge is 0.259 e. The first-order valence-corrected chi connectivity index (χ1v) is 7.68. The Kier molecular flexibility index (Phi) is 5.58. The third-order valence-electron chi connectivity index (χ3n) is 3.60. The molecule has 0 aliphatic rings. The molecule has 2 aromatic carbocycles. The predicted octanol–water partition coefficient (Wildman–Crippen LogP) is 3.02. The molecule has 1 N–H and O–H groups in total. The average Bonchev–Trinajstić information content (AvgIpc) is 2.53. The maximum Gasteiger partial charge on any atom is 0.259 e. The van der Waals surface area contributed by atoms with Gasteiger partial charge < -0.3 is 15.0 Å². The summed E-state index contributed by atoms with van der Waals surface area (Å²) >= 11 is 0. The van der Waals surface area contributed by atoms with E-state index in [0.717, 1.165) is 11.1 Å². The minimum Gasteiger partial charge on any atom is -0.484 e. The number of anilines is 1. The third kappa shape index (κ3) is 4.59. The van der Waals surface area contributed by atoms with Gasteiger partial charge in [0.1, 0.15) is 5.75 Å². The number of nitrogens with one attached hydrogen (secondary N) is 1. The molecule has 0 aliphatic carbocycles. The van der Waals surface area contributed by atoms with Gasteiger partial charge in [-0.3, -0.25) is 9.59 Å². The van der Waals surface area contributed by atoms with E-state index in [1.165, 1.54) is 4.90 Å². The van der Waals surface area contributed by atoms with Crippen molar-refractivity contribution >= 4 is 17.5 Å². The van der Waals surface area contributed by atoms with E-state index in [1.54, 1.807) is 38.4 Å². The second-order valence-electron chi connectivity index (χ2n) is 5.87. The second-order valence-corrected chi connectivity index (χ2v) is 5.87. The van der Waals surface area contributed by atoms with Crippen LogP contribution in [0.5, 0.6) is 5.75 Å². The van der Waals surface area contributed by atoms with Crippen LogP contribution in [0.4, 0.5) is 5.69 Å². The highest BCUT2D eigenvalue weighted by Gasteiger charge is 2.10. The molecule has 0 aromatic heterocycles. The van der Waals surface area contributed by atoms with Crippen molar-refractivity contribution in [1.29, 1.82) is 0 Å². The van der Waals surface area contributed by atoms with E-state index >= 15 is 0 Å². The Morgan fingerprint density at radius 2 is 1.71 bits per heavy atom. The van der Waals surface area contributed by atoms with Crippen LogP contribution in [0.15, 0.2) is 42.5 Å². The lowest BCUT2D eigenvalue weighted by Gasteiger charge is -2.12. The Balaban J connectivity index is 1.98. The van der Waals surface area contributed by atoms with E-state index in [-0.39, 0.29) is 18.4 Å². The minimum atomic E-state index is -0.149. The summed E-state index contributed by atoms with van der Waals surface area (Å²) in [5.41, 5.74) is 3.39. The van der Waals surface area contributed by atoms with Crippen molar-refractivity contribution in [2.45, 2.75) is 13.8 Å². The van der Waals surface area contributed by atoms with E-state index in [9.17, 15) is 9.59 Å². The number of amides is 2. The number of ether oxygens (including phenoxy) is 1. The van der Waals surface area contributed by atoms with Gasteiger partial charge in [0, 0.05) is 25.3 Å². The maximum absolute atomic E-state index is 12.3. The number of benzene rings is 2. The molecule has 0 saturated heterocycles. The normalized spacial score (nSPS) is 10.2. The molecule has 2 aromatic rings. The van der Waals surface area contributed by atoms with Gasteiger partial charge in [-0.25, -0.2) is 0 Å². The Morgan fingerprint density at radius 3 is 2.29 bits per heavy atom. The van der Waals surface area contributed by atoms with Crippen molar-refractivity contribution in [3.63, 3.8) is 0 Å². The van der Waals surface area contributed by atoms with Crippen LogP contribution in [-0.2, 0) is 4.79 Å². The SMILES string of the molecule is Cc1ccc(C(=O)Nc2ccc(OCC(=O)N(C)C)cc2)c(C)c1. The van der Waals surface area contributed by atoms with Crippen molar-refractivity contribution in [3.05, 3.63) is 59.2 Å². The zero-order chi connectivity index (χ0) is 17.7. The highest BCUT2D eigenvalue weighted by Crippen LogP contribution is 2.18. The zero-order valence-corrected chi connectivity index (χ0v) is 14.4. The fourth-order valence-electron chi connectivity index (χ4n) is 2.18. The van der Waals surface area contributed by atoms with Crippen LogP contribution in [0, 0.1) is 13.8 Å². The molecular weight excluding hydrogens is 304 g/mol. The molecule has 0 spiro atoms. The quantitative estimate of drug-likeness (QED) is 0.919. The molecule has 5 nitrogen and oxygen atoms in total. The van der Waals surface area contributed by atoms with Gasteiger partial charge in [0.25, 0.3) is 11.8 Å². The first-order valence-electron chi connectivity index (χ1n) is 7.68. The summed E-state index contributed by atoms with van der Waals surface area (Å²) in [7, 11) is 3.36. The molecule has 24 heavy (non-hydrogen) atoms. The number of aryl methyl sites for hydroxylation is 2. The first-order chi connectivity index (χ1) is 11.4. The average molecular weight is 326 g/mol. The molecule has 126 valence electrons. The fraction of sp³-hybridized carbons (Fsp3) is 0.263. The highest BCUT2D eigenvalue weighted by molar-refractivity contribution is 6.05. The summed E-state index contributed by atoms with van der Waals surface area (Å²) in [5, 5.41) is 2.86. The van der Waals surface area contributed by atoms with Crippen LogP contribution in [-0.4, -0.2) is 37.4 Å². The van der Waals surface area contributed by atoms with Crippen LogP contribution in [0.3, 0.4) is 0 Å².